The highest BCUT2D eigenvalue weighted by Gasteiger charge is 2.49. The fraction of sp³-hybridized carbons (Fsp3) is 0.500. The van der Waals surface area contributed by atoms with Crippen molar-refractivity contribution in [2.45, 2.75) is 43.6 Å². The predicted octanol–water partition coefficient (Wildman–Crippen LogP) is 2.58. The van der Waals surface area contributed by atoms with Gasteiger partial charge in [-0.25, -0.2) is 8.78 Å². The molecule has 0 aromatic heterocycles. The van der Waals surface area contributed by atoms with Gasteiger partial charge in [0, 0.05) is 17.4 Å². The van der Waals surface area contributed by atoms with E-state index in [0.29, 0.717) is 19.3 Å². The third kappa shape index (κ3) is 2.69. The van der Waals surface area contributed by atoms with Crippen LogP contribution in [0.4, 0.5) is 8.78 Å². The van der Waals surface area contributed by atoms with Crippen LogP contribution in [0.3, 0.4) is 0 Å². The Morgan fingerprint density at radius 1 is 1.27 bits per heavy atom. The minimum Gasteiger partial charge on any atom is -0.481 e. The van der Waals surface area contributed by atoms with Gasteiger partial charge < -0.3 is 10.4 Å². The average molecular weight is 309 g/mol. The number of nitrogens with one attached hydrogen (secondary N) is 1. The van der Waals surface area contributed by atoms with Gasteiger partial charge in [0.1, 0.15) is 11.6 Å². The van der Waals surface area contributed by atoms with Crippen LogP contribution in [-0.2, 0) is 9.59 Å². The summed E-state index contributed by atoms with van der Waals surface area (Å²) in [4.78, 5) is 23.2. The first kappa shape index (κ1) is 14.9. The molecular weight excluding hydrogens is 292 g/mol. The van der Waals surface area contributed by atoms with Gasteiger partial charge in [-0.15, -0.1) is 0 Å². The first-order chi connectivity index (χ1) is 10.4. The van der Waals surface area contributed by atoms with Crippen LogP contribution >= 0.6 is 0 Å². The highest BCUT2D eigenvalue weighted by Crippen LogP contribution is 2.50. The molecule has 6 heteroatoms. The van der Waals surface area contributed by atoms with Gasteiger partial charge in [-0.05, 0) is 37.8 Å². The van der Waals surface area contributed by atoms with Gasteiger partial charge >= 0.3 is 5.97 Å². The Bertz CT molecular complexity index is 608. The van der Waals surface area contributed by atoms with Crippen molar-refractivity contribution in [2.24, 2.45) is 5.92 Å². The molecule has 0 spiro atoms. The van der Waals surface area contributed by atoms with E-state index in [9.17, 15) is 18.4 Å². The fourth-order valence-electron chi connectivity index (χ4n) is 3.26. The third-order valence-electron chi connectivity index (χ3n) is 4.69. The van der Waals surface area contributed by atoms with E-state index in [-0.39, 0.29) is 17.9 Å². The Morgan fingerprint density at radius 2 is 1.91 bits per heavy atom. The second-order valence-corrected chi connectivity index (χ2v) is 6.28. The van der Waals surface area contributed by atoms with Crippen molar-refractivity contribution < 1.29 is 23.5 Å². The second-order valence-electron chi connectivity index (χ2n) is 6.28. The summed E-state index contributed by atoms with van der Waals surface area (Å²) in [7, 11) is 0. The Morgan fingerprint density at radius 3 is 2.41 bits per heavy atom. The second kappa shape index (κ2) is 5.34. The van der Waals surface area contributed by atoms with Crippen molar-refractivity contribution in [3.05, 3.63) is 35.4 Å². The summed E-state index contributed by atoms with van der Waals surface area (Å²) in [6, 6.07) is 3.66. The molecule has 3 rings (SSSR count). The number of hydrogen-bond acceptors (Lipinski definition) is 2. The Hall–Kier alpha value is -1.98. The number of carboxylic acids is 1. The van der Waals surface area contributed by atoms with Gasteiger partial charge in [-0.1, -0.05) is 6.07 Å². The van der Waals surface area contributed by atoms with E-state index >= 15 is 0 Å². The molecule has 0 bridgehead atoms. The first-order valence-corrected chi connectivity index (χ1v) is 7.40. The normalized spacial score (nSPS) is 25.2. The molecule has 0 heterocycles. The summed E-state index contributed by atoms with van der Waals surface area (Å²) < 4.78 is 27.4. The van der Waals surface area contributed by atoms with Crippen molar-refractivity contribution >= 4 is 11.9 Å². The summed E-state index contributed by atoms with van der Waals surface area (Å²) in [6.45, 7) is 0. The first-order valence-electron chi connectivity index (χ1n) is 7.40. The maximum absolute atomic E-state index is 13.7. The number of rotatable bonds is 5. The number of benzene rings is 1. The number of aliphatic carboxylic acids is 1. The van der Waals surface area contributed by atoms with Crippen molar-refractivity contribution in [3.63, 3.8) is 0 Å². The monoisotopic (exact) mass is 309 g/mol. The largest absolute Gasteiger partial charge is 0.481 e. The van der Waals surface area contributed by atoms with Crippen LogP contribution in [-0.4, -0.2) is 22.5 Å². The minimum absolute atomic E-state index is 0.0384. The molecule has 1 aromatic rings. The molecule has 1 amide bonds. The van der Waals surface area contributed by atoms with Crippen LogP contribution in [0.1, 0.15) is 43.6 Å². The highest BCUT2D eigenvalue weighted by molar-refractivity contribution is 5.84. The highest BCUT2D eigenvalue weighted by atomic mass is 19.1. The van der Waals surface area contributed by atoms with Crippen LogP contribution in [0.25, 0.3) is 0 Å². The number of carbonyl (C=O) groups excluding carboxylic acids is 1. The van der Waals surface area contributed by atoms with Crippen LogP contribution in [0.5, 0.6) is 0 Å². The van der Waals surface area contributed by atoms with E-state index in [1.807, 2.05) is 0 Å². The summed E-state index contributed by atoms with van der Waals surface area (Å²) in [5.74, 6) is -3.45. The molecule has 0 radical (unpaired) electrons. The average Bonchev–Trinajstić information content (AvgIpc) is 3.15. The van der Waals surface area contributed by atoms with Crippen molar-refractivity contribution in [1.29, 1.82) is 0 Å². The van der Waals surface area contributed by atoms with Crippen molar-refractivity contribution in [1.82, 2.24) is 5.32 Å². The number of carboxylic acid groups (broad SMARTS) is 1. The lowest BCUT2D eigenvalue weighted by molar-refractivity contribution is -0.140. The van der Waals surface area contributed by atoms with Crippen LogP contribution in [0.15, 0.2) is 18.2 Å². The Balaban J connectivity index is 1.67. The summed E-state index contributed by atoms with van der Waals surface area (Å²) in [5, 5.41) is 11.7. The zero-order valence-electron chi connectivity index (χ0n) is 11.9. The van der Waals surface area contributed by atoms with Crippen LogP contribution in [0, 0.1) is 17.6 Å². The molecule has 4 nitrogen and oxygen atoms in total. The van der Waals surface area contributed by atoms with E-state index in [0.717, 1.165) is 6.42 Å². The summed E-state index contributed by atoms with van der Waals surface area (Å²) in [5.41, 5.74) is -0.715. The Labute approximate surface area is 126 Å². The molecule has 118 valence electrons. The molecule has 0 saturated heterocycles. The maximum atomic E-state index is 13.7. The van der Waals surface area contributed by atoms with Crippen molar-refractivity contribution in [2.75, 3.05) is 0 Å². The molecule has 0 aliphatic heterocycles. The van der Waals surface area contributed by atoms with Gasteiger partial charge in [0.25, 0.3) is 0 Å². The topological polar surface area (TPSA) is 66.4 Å². The molecule has 2 unspecified atom stereocenters. The third-order valence-corrected chi connectivity index (χ3v) is 4.69. The predicted molar refractivity (Wildman–Crippen MR) is 74.2 cm³/mol. The molecular formula is C16H17F2NO3. The van der Waals surface area contributed by atoms with E-state index < -0.39 is 35.0 Å². The molecule has 22 heavy (non-hydrogen) atoms. The molecule has 2 saturated carbocycles. The summed E-state index contributed by atoms with van der Waals surface area (Å²) >= 11 is 0. The van der Waals surface area contributed by atoms with Crippen LogP contribution in [0.2, 0.25) is 0 Å². The molecule has 2 N–H and O–H groups in total. The zero-order valence-corrected chi connectivity index (χ0v) is 11.9. The Kier molecular flexibility index (Phi) is 3.62. The molecule has 1 aromatic carbocycles. The quantitative estimate of drug-likeness (QED) is 0.878. The standard InChI is InChI=1S/C16H17F2NO3/c17-11-3-1-4-12(18)14(11)9-7-10(9)15(22)19-16(5-2-6-16)8-13(20)21/h1,3-4,9-10H,2,5-8H2,(H,19,22)(H,20,21). The van der Waals surface area contributed by atoms with Crippen LogP contribution < -0.4 is 5.32 Å². The smallest absolute Gasteiger partial charge is 0.305 e. The van der Waals surface area contributed by atoms with Gasteiger partial charge in [-0.3, -0.25) is 9.59 Å². The lowest BCUT2D eigenvalue weighted by Crippen LogP contribution is -2.55. The van der Waals surface area contributed by atoms with Gasteiger partial charge in [0.05, 0.1) is 12.0 Å². The molecule has 2 atom stereocenters. The van der Waals surface area contributed by atoms with E-state index in [2.05, 4.69) is 5.32 Å². The summed E-state index contributed by atoms with van der Waals surface area (Å²) in [6.07, 6.45) is 2.44. The molecule has 2 aliphatic carbocycles. The zero-order chi connectivity index (χ0) is 15.9. The number of halogens is 2. The van der Waals surface area contributed by atoms with Crippen molar-refractivity contribution in [3.8, 4) is 0 Å². The number of hydrogen-bond donors (Lipinski definition) is 2. The molecule has 2 aliphatic rings. The lowest BCUT2D eigenvalue weighted by Gasteiger charge is -2.41. The number of amides is 1. The molecule has 2 fully saturated rings. The lowest BCUT2D eigenvalue weighted by atomic mass is 9.74. The van der Waals surface area contributed by atoms with Gasteiger partial charge in [0.15, 0.2) is 0 Å². The van der Waals surface area contributed by atoms with Gasteiger partial charge in [0.2, 0.25) is 5.91 Å². The van der Waals surface area contributed by atoms with E-state index in [1.165, 1.54) is 18.2 Å². The fourth-order valence-corrected chi connectivity index (χ4v) is 3.26. The van der Waals surface area contributed by atoms with E-state index in [4.69, 9.17) is 5.11 Å². The van der Waals surface area contributed by atoms with Gasteiger partial charge in [-0.2, -0.15) is 0 Å². The van der Waals surface area contributed by atoms with E-state index in [1.54, 1.807) is 0 Å². The maximum Gasteiger partial charge on any atom is 0.305 e. The number of carbonyl (C=O) groups is 2. The minimum atomic E-state index is -0.951. The SMILES string of the molecule is O=C(O)CC1(NC(=O)C2CC2c2c(F)cccc2F)CCC1.